The molecule has 0 aliphatic heterocycles. The second kappa shape index (κ2) is 6.19. The number of rotatable bonds is 4. The molecule has 2 aromatic rings. The molecule has 19 heavy (non-hydrogen) atoms. The highest BCUT2D eigenvalue weighted by Crippen LogP contribution is 2.23. The number of benzene rings is 1. The zero-order valence-corrected chi connectivity index (χ0v) is 11.6. The summed E-state index contributed by atoms with van der Waals surface area (Å²) in [6.07, 6.45) is 1.07. The summed E-state index contributed by atoms with van der Waals surface area (Å²) >= 11 is 11.8. The number of hydrogen-bond donors (Lipinski definition) is 2. The van der Waals surface area contributed by atoms with Crippen molar-refractivity contribution in [3.63, 3.8) is 0 Å². The first-order chi connectivity index (χ1) is 9.08. The van der Waals surface area contributed by atoms with E-state index in [1.54, 1.807) is 12.1 Å². The topological polar surface area (TPSA) is 71.8 Å². The van der Waals surface area contributed by atoms with Crippen molar-refractivity contribution >= 4 is 23.2 Å². The van der Waals surface area contributed by atoms with Crippen LogP contribution in [0.25, 0.3) is 0 Å². The minimum absolute atomic E-state index is 0.173. The van der Waals surface area contributed by atoms with Crippen LogP contribution in [0.3, 0.4) is 0 Å². The second-order valence-electron chi connectivity index (χ2n) is 4.15. The normalized spacial score (nSPS) is 10.7. The molecule has 1 heterocycles. The Morgan fingerprint density at radius 2 is 2.00 bits per heavy atom. The van der Waals surface area contributed by atoms with Gasteiger partial charge >= 0.3 is 0 Å². The van der Waals surface area contributed by atoms with Gasteiger partial charge in [0.25, 0.3) is 5.56 Å². The number of nitrogens with zero attached hydrogens (tertiary/aromatic N) is 1. The summed E-state index contributed by atoms with van der Waals surface area (Å²) in [4.78, 5) is 18.6. The standard InChI is InChI=1S/C13H13Cl2N3O/c14-10-2-1-8(5-11(10)15)6-12-17-9(3-4-16)7-13(19)18-12/h1-2,5,7H,3-4,6,16H2,(H,17,18,19). The first-order valence-electron chi connectivity index (χ1n) is 5.81. The molecule has 100 valence electrons. The Bertz CT molecular complexity index is 640. The molecule has 0 unspecified atom stereocenters. The fourth-order valence-corrected chi connectivity index (χ4v) is 2.09. The molecule has 0 aliphatic carbocycles. The molecule has 3 N–H and O–H groups in total. The lowest BCUT2D eigenvalue weighted by Gasteiger charge is -2.05. The molecule has 2 rings (SSSR count). The predicted octanol–water partition coefficient (Wildman–Crippen LogP) is 2.17. The summed E-state index contributed by atoms with van der Waals surface area (Å²) in [6.45, 7) is 0.461. The molecule has 6 heteroatoms. The summed E-state index contributed by atoms with van der Waals surface area (Å²) in [5.41, 5.74) is 6.92. The smallest absolute Gasteiger partial charge is 0.251 e. The highest BCUT2D eigenvalue weighted by Gasteiger charge is 2.05. The van der Waals surface area contributed by atoms with Crippen molar-refractivity contribution in [1.82, 2.24) is 9.97 Å². The van der Waals surface area contributed by atoms with E-state index in [9.17, 15) is 4.79 Å². The number of aromatic amines is 1. The minimum Gasteiger partial charge on any atom is -0.330 e. The van der Waals surface area contributed by atoms with Crippen molar-refractivity contribution in [2.45, 2.75) is 12.8 Å². The zero-order valence-electron chi connectivity index (χ0n) is 10.1. The molecule has 4 nitrogen and oxygen atoms in total. The molecule has 0 bridgehead atoms. The molecule has 0 aliphatic rings. The van der Waals surface area contributed by atoms with Crippen LogP contribution in [-0.4, -0.2) is 16.5 Å². The molecule has 0 spiro atoms. The number of halogens is 2. The van der Waals surface area contributed by atoms with Crippen LogP contribution in [0.1, 0.15) is 17.1 Å². The maximum atomic E-state index is 11.5. The van der Waals surface area contributed by atoms with Crippen LogP contribution in [0.5, 0.6) is 0 Å². The van der Waals surface area contributed by atoms with Gasteiger partial charge in [-0.2, -0.15) is 0 Å². The summed E-state index contributed by atoms with van der Waals surface area (Å²) < 4.78 is 0. The Balaban J connectivity index is 2.27. The first kappa shape index (κ1) is 14.1. The number of hydrogen-bond acceptors (Lipinski definition) is 3. The van der Waals surface area contributed by atoms with E-state index in [2.05, 4.69) is 9.97 Å². The monoisotopic (exact) mass is 297 g/mol. The van der Waals surface area contributed by atoms with Gasteiger partial charge in [-0.15, -0.1) is 0 Å². The largest absolute Gasteiger partial charge is 0.330 e. The molecule has 0 saturated carbocycles. The van der Waals surface area contributed by atoms with Crippen molar-refractivity contribution in [3.8, 4) is 0 Å². The van der Waals surface area contributed by atoms with E-state index in [1.807, 2.05) is 6.07 Å². The highest BCUT2D eigenvalue weighted by molar-refractivity contribution is 6.42. The second-order valence-corrected chi connectivity index (χ2v) is 4.96. The van der Waals surface area contributed by atoms with E-state index in [0.29, 0.717) is 40.9 Å². The quantitative estimate of drug-likeness (QED) is 0.908. The van der Waals surface area contributed by atoms with E-state index in [1.165, 1.54) is 6.07 Å². The third-order valence-corrected chi connectivity index (χ3v) is 3.34. The van der Waals surface area contributed by atoms with E-state index in [-0.39, 0.29) is 5.56 Å². The predicted molar refractivity (Wildman–Crippen MR) is 76.9 cm³/mol. The average molecular weight is 298 g/mol. The Hall–Kier alpha value is -1.36. The Morgan fingerprint density at radius 3 is 2.68 bits per heavy atom. The van der Waals surface area contributed by atoms with Gasteiger partial charge in [-0.1, -0.05) is 29.3 Å². The van der Waals surface area contributed by atoms with Crippen LogP contribution in [0, 0.1) is 0 Å². The van der Waals surface area contributed by atoms with Gasteiger partial charge < -0.3 is 10.7 Å². The summed E-state index contributed by atoms with van der Waals surface area (Å²) in [5.74, 6) is 0.592. The first-order valence-corrected chi connectivity index (χ1v) is 6.57. The van der Waals surface area contributed by atoms with Crippen LogP contribution < -0.4 is 11.3 Å². The average Bonchev–Trinajstić information content (AvgIpc) is 2.33. The highest BCUT2D eigenvalue weighted by atomic mass is 35.5. The third kappa shape index (κ3) is 3.80. The van der Waals surface area contributed by atoms with Crippen molar-refractivity contribution in [3.05, 3.63) is 61.7 Å². The van der Waals surface area contributed by atoms with Crippen LogP contribution >= 0.6 is 23.2 Å². The summed E-state index contributed by atoms with van der Waals surface area (Å²) in [7, 11) is 0. The molecule has 0 fully saturated rings. The molecule has 0 atom stereocenters. The third-order valence-electron chi connectivity index (χ3n) is 2.60. The number of nitrogens with one attached hydrogen (secondary N) is 1. The van der Waals surface area contributed by atoms with Crippen LogP contribution in [0.4, 0.5) is 0 Å². The van der Waals surface area contributed by atoms with Gasteiger partial charge in [0, 0.05) is 24.6 Å². The van der Waals surface area contributed by atoms with E-state index in [4.69, 9.17) is 28.9 Å². The van der Waals surface area contributed by atoms with Crippen molar-refractivity contribution < 1.29 is 0 Å². The SMILES string of the molecule is NCCc1cc(=O)[nH]c(Cc2ccc(Cl)c(Cl)c2)n1. The van der Waals surface area contributed by atoms with Gasteiger partial charge in [-0.3, -0.25) is 4.79 Å². The number of H-pyrrole nitrogens is 1. The van der Waals surface area contributed by atoms with E-state index >= 15 is 0 Å². The van der Waals surface area contributed by atoms with Crippen LogP contribution in [0.15, 0.2) is 29.1 Å². The summed E-state index contributed by atoms with van der Waals surface area (Å²) in [6, 6.07) is 6.80. The van der Waals surface area contributed by atoms with Gasteiger partial charge in [0.15, 0.2) is 0 Å². The van der Waals surface area contributed by atoms with E-state index in [0.717, 1.165) is 5.56 Å². The molecular weight excluding hydrogens is 285 g/mol. The Kier molecular flexibility index (Phi) is 4.58. The number of nitrogens with two attached hydrogens (primary N) is 1. The zero-order chi connectivity index (χ0) is 13.8. The molecule has 1 aromatic heterocycles. The van der Waals surface area contributed by atoms with Crippen LogP contribution in [0.2, 0.25) is 10.0 Å². The fraction of sp³-hybridized carbons (Fsp3) is 0.231. The van der Waals surface area contributed by atoms with Gasteiger partial charge in [-0.25, -0.2) is 4.98 Å². The fourth-order valence-electron chi connectivity index (χ4n) is 1.77. The van der Waals surface area contributed by atoms with Crippen LogP contribution in [-0.2, 0) is 12.8 Å². The molecular formula is C13H13Cl2N3O. The van der Waals surface area contributed by atoms with Gasteiger partial charge in [0.05, 0.1) is 10.0 Å². The lowest BCUT2D eigenvalue weighted by molar-refractivity contribution is 0.854. The van der Waals surface area contributed by atoms with Gasteiger partial charge in [-0.05, 0) is 24.2 Å². The molecule has 1 aromatic carbocycles. The van der Waals surface area contributed by atoms with Crippen molar-refractivity contribution in [2.24, 2.45) is 5.73 Å². The maximum absolute atomic E-state index is 11.5. The van der Waals surface area contributed by atoms with Crippen molar-refractivity contribution in [1.29, 1.82) is 0 Å². The molecule has 0 saturated heterocycles. The summed E-state index contributed by atoms with van der Waals surface area (Å²) in [5, 5.41) is 0.989. The minimum atomic E-state index is -0.173. The number of aromatic nitrogens is 2. The Labute approximate surface area is 120 Å². The lowest BCUT2D eigenvalue weighted by Crippen LogP contribution is -2.15. The van der Waals surface area contributed by atoms with Crippen molar-refractivity contribution in [2.75, 3.05) is 6.54 Å². The maximum Gasteiger partial charge on any atom is 0.251 e. The molecule has 0 amide bonds. The lowest BCUT2D eigenvalue weighted by atomic mass is 10.1. The van der Waals surface area contributed by atoms with Gasteiger partial charge in [0.2, 0.25) is 0 Å². The molecule has 0 radical (unpaired) electrons. The Morgan fingerprint density at radius 1 is 1.21 bits per heavy atom. The van der Waals surface area contributed by atoms with Gasteiger partial charge in [0.1, 0.15) is 5.82 Å². The van der Waals surface area contributed by atoms with E-state index < -0.39 is 0 Å².